The molecule has 3 N–H and O–H groups in total. The number of halogens is 3. The van der Waals surface area contributed by atoms with Crippen LogP contribution in [0.15, 0.2) is 12.1 Å². The zero-order valence-corrected chi connectivity index (χ0v) is 12.8. The van der Waals surface area contributed by atoms with Gasteiger partial charge in [0.05, 0.1) is 21.1 Å². The lowest BCUT2D eigenvalue weighted by atomic mass is 9.81. The Morgan fingerprint density at radius 1 is 1.24 bits per heavy atom. The summed E-state index contributed by atoms with van der Waals surface area (Å²) in [6.07, 6.45) is 3.98. The maximum absolute atomic E-state index is 13.8. The van der Waals surface area contributed by atoms with Gasteiger partial charge in [0.1, 0.15) is 11.6 Å². The first-order valence-electron chi connectivity index (χ1n) is 6.63. The van der Waals surface area contributed by atoms with Crippen molar-refractivity contribution in [1.82, 2.24) is 5.32 Å². The highest BCUT2D eigenvalue weighted by molar-refractivity contribution is 7.80. The molecule has 0 aliphatic heterocycles. The zero-order valence-electron chi connectivity index (χ0n) is 11.2. The average molecular weight is 333 g/mol. The van der Waals surface area contributed by atoms with Crippen molar-refractivity contribution in [3.63, 3.8) is 0 Å². The lowest BCUT2D eigenvalue weighted by molar-refractivity contribution is 0.0904. The Bertz CT molecular complexity index is 589. The van der Waals surface area contributed by atoms with Gasteiger partial charge in [-0.1, -0.05) is 43.1 Å². The van der Waals surface area contributed by atoms with Crippen LogP contribution in [-0.4, -0.2) is 16.4 Å². The van der Waals surface area contributed by atoms with Crippen LogP contribution >= 0.6 is 23.8 Å². The van der Waals surface area contributed by atoms with E-state index in [-0.39, 0.29) is 10.0 Å². The molecule has 1 aromatic rings. The lowest BCUT2D eigenvalue weighted by Gasteiger charge is -2.37. The smallest absolute Gasteiger partial charge is 0.255 e. The molecule has 2 rings (SSSR count). The van der Waals surface area contributed by atoms with Crippen molar-refractivity contribution >= 4 is 34.7 Å². The summed E-state index contributed by atoms with van der Waals surface area (Å²) in [5, 5.41) is 2.31. The van der Waals surface area contributed by atoms with Gasteiger partial charge in [0.25, 0.3) is 5.91 Å². The minimum absolute atomic E-state index is 0.172. The van der Waals surface area contributed by atoms with Crippen LogP contribution in [0, 0.1) is 11.6 Å². The molecular formula is C14H15ClF2N2OS. The summed E-state index contributed by atoms with van der Waals surface area (Å²) in [4.78, 5) is 12.4. The molecule has 0 saturated heterocycles. The van der Waals surface area contributed by atoms with Crippen LogP contribution in [0.1, 0.15) is 42.5 Å². The highest BCUT2D eigenvalue weighted by Crippen LogP contribution is 2.29. The maximum Gasteiger partial charge on any atom is 0.255 e. The molecule has 21 heavy (non-hydrogen) atoms. The summed E-state index contributed by atoms with van der Waals surface area (Å²) in [5.74, 6) is -2.47. The second-order valence-corrected chi connectivity index (χ2v) is 6.05. The summed E-state index contributed by atoms with van der Waals surface area (Å²) < 4.78 is 27.2. The number of nitrogens with two attached hydrogens (primary N) is 1. The van der Waals surface area contributed by atoms with Crippen LogP contribution in [-0.2, 0) is 0 Å². The molecule has 1 aromatic carbocycles. The van der Waals surface area contributed by atoms with Gasteiger partial charge in [-0.2, -0.15) is 0 Å². The highest BCUT2D eigenvalue weighted by atomic mass is 35.5. The molecule has 0 unspecified atom stereocenters. The molecule has 0 spiro atoms. The highest BCUT2D eigenvalue weighted by Gasteiger charge is 2.37. The average Bonchev–Trinajstić information content (AvgIpc) is 2.43. The molecule has 1 aliphatic carbocycles. The van der Waals surface area contributed by atoms with Crippen LogP contribution in [0.3, 0.4) is 0 Å². The summed E-state index contributed by atoms with van der Waals surface area (Å²) in [5.41, 5.74) is 4.52. The van der Waals surface area contributed by atoms with E-state index in [4.69, 9.17) is 29.6 Å². The lowest BCUT2D eigenvalue weighted by Crippen LogP contribution is -2.57. The second kappa shape index (κ2) is 6.23. The van der Waals surface area contributed by atoms with Crippen LogP contribution in [0.2, 0.25) is 5.02 Å². The maximum atomic E-state index is 13.8. The third-order valence-corrected chi connectivity index (χ3v) is 4.47. The van der Waals surface area contributed by atoms with Crippen LogP contribution in [0.4, 0.5) is 8.78 Å². The molecule has 1 saturated carbocycles. The van der Waals surface area contributed by atoms with Crippen LogP contribution in [0.25, 0.3) is 0 Å². The Kier molecular flexibility index (Phi) is 4.78. The van der Waals surface area contributed by atoms with Gasteiger partial charge < -0.3 is 11.1 Å². The van der Waals surface area contributed by atoms with E-state index in [0.29, 0.717) is 12.8 Å². The number of nitrogens with one attached hydrogen (secondary N) is 1. The van der Waals surface area contributed by atoms with E-state index in [1.807, 2.05) is 0 Å². The van der Waals surface area contributed by atoms with Crippen LogP contribution in [0.5, 0.6) is 0 Å². The topological polar surface area (TPSA) is 55.1 Å². The first-order chi connectivity index (χ1) is 9.85. The Morgan fingerprint density at radius 3 is 2.43 bits per heavy atom. The van der Waals surface area contributed by atoms with Crippen molar-refractivity contribution in [2.75, 3.05) is 0 Å². The Hall–Kier alpha value is -1.27. The number of rotatable bonds is 3. The van der Waals surface area contributed by atoms with Gasteiger partial charge in [0.2, 0.25) is 0 Å². The van der Waals surface area contributed by atoms with Crippen molar-refractivity contribution in [3.05, 3.63) is 34.4 Å². The minimum Gasteiger partial charge on any atom is -0.391 e. The van der Waals surface area contributed by atoms with Gasteiger partial charge in [-0.05, 0) is 25.0 Å². The predicted octanol–water partition coefficient (Wildman–Crippen LogP) is 3.34. The predicted molar refractivity (Wildman–Crippen MR) is 81.4 cm³/mol. The third kappa shape index (κ3) is 3.32. The van der Waals surface area contributed by atoms with Crippen molar-refractivity contribution in [3.8, 4) is 0 Å². The third-order valence-electron chi connectivity index (χ3n) is 3.79. The quantitative estimate of drug-likeness (QED) is 0.659. The van der Waals surface area contributed by atoms with Gasteiger partial charge in [-0.15, -0.1) is 0 Å². The molecule has 0 heterocycles. The van der Waals surface area contributed by atoms with Gasteiger partial charge in [0.15, 0.2) is 0 Å². The number of carbonyl (C=O) groups is 1. The zero-order chi connectivity index (χ0) is 15.6. The van der Waals surface area contributed by atoms with Gasteiger partial charge >= 0.3 is 0 Å². The van der Waals surface area contributed by atoms with Crippen molar-refractivity contribution in [1.29, 1.82) is 0 Å². The molecule has 7 heteroatoms. The number of benzene rings is 1. The standard InChI is InChI=1S/C14H15ClF2N2OS/c15-9-7-10(16)8(6-11(9)17)12(20)19-14(13(18)21)4-2-1-3-5-14/h6-7H,1-5H2,(H2,18,21)(H,19,20). The fourth-order valence-electron chi connectivity index (χ4n) is 2.57. The molecule has 3 nitrogen and oxygen atoms in total. The molecule has 0 aromatic heterocycles. The van der Waals surface area contributed by atoms with Gasteiger partial charge in [0, 0.05) is 0 Å². The first kappa shape index (κ1) is 16.1. The summed E-state index contributed by atoms with van der Waals surface area (Å²) >= 11 is 10.5. The van der Waals surface area contributed by atoms with E-state index in [1.54, 1.807) is 0 Å². The molecule has 1 aliphatic rings. The first-order valence-corrected chi connectivity index (χ1v) is 7.41. The largest absolute Gasteiger partial charge is 0.391 e. The van der Waals surface area contributed by atoms with E-state index < -0.39 is 28.6 Å². The minimum atomic E-state index is -0.882. The summed E-state index contributed by atoms with van der Waals surface area (Å²) in [6.45, 7) is 0. The van der Waals surface area contributed by atoms with Crippen molar-refractivity contribution < 1.29 is 13.6 Å². The molecule has 1 fully saturated rings. The fraction of sp³-hybridized carbons (Fsp3) is 0.429. The van der Waals surface area contributed by atoms with Crippen molar-refractivity contribution in [2.45, 2.75) is 37.6 Å². The molecule has 114 valence electrons. The molecule has 0 atom stereocenters. The molecule has 1 amide bonds. The fourth-order valence-corrected chi connectivity index (χ4v) is 2.98. The number of carbonyl (C=O) groups excluding carboxylic acids is 1. The Labute approximate surface area is 131 Å². The molecule has 0 radical (unpaired) electrons. The van der Waals surface area contributed by atoms with Gasteiger partial charge in [-0.3, -0.25) is 4.79 Å². The van der Waals surface area contributed by atoms with E-state index in [9.17, 15) is 13.6 Å². The van der Waals surface area contributed by atoms with Gasteiger partial charge in [-0.25, -0.2) is 8.78 Å². The molecule has 0 bridgehead atoms. The summed E-state index contributed by atoms with van der Waals surface area (Å²) in [6, 6.07) is 1.56. The monoisotopic (exact) mass is 332 g/mol. The Balaban J connectivity index is 2.28. The van der Waals surface area contributed by atoms with E-state index in [0.717, 1.165) is 31.4 Å². The summed E-state index contributed by atoms with van der Waals surface area (Å²) in [7, 11) is 0. The number of hydrogen-bond acceptors (Lipinski definition) is 2. The SMILES string of the molecule is NC(=S)C1(NC(=O)c2cc(F)c(Cl)cc2F)CCCCC1. The Morgan fingerprint density at radius 2 is 1.86 bits per heavy atom. The van der Waals surface area contributed by atoms with E-state index >= 15 is 0 Å². The number of thiocarbonyl (C=S) groups is 1. The van der Waals surface area contributed by atoms with Crippen molar-refractivity contribution in [2.24, 2.45) is 5.73 Å². The second-order valence-electron chi connectivity index (χ2n) is 5.21. The van der Waals surface area contributed by atoms with Crippen LogP contribution < -0.4 is 11.1 Å². The van der Waals surface area contributed by atoms with E-state index in [2.05, 4.69) is 5.32 Å². The number of hydrogen-bond donors (Lipinski definition) is 2. The normalized spacial score (nSPS) is 17.3. The number of amides is 1. The molecular weight excluding hydrogens is 318 g/mol. The van der Waals surface area contributed by atoms with E-state index in [1.165, 1.54) is 0 Å².